The number of amides is 1. The first-order valence-electron chi connectivity index (χ1n) is 7.35. The van der Waals surface area contributed by atoms with E-state index in [1.165, 1.54) is 12.1 Å². The standard InChI is InChI=1S/C16H24F2N4O.HI/c1-10(12-7-6-11(17)8-13(12)18)22-15(20-5)21-9-16(2,3)14(23)19-4;/h6-8,10H,9H2,1-5H3,(H,19,23)(H2,20,21,22);1H. The summed E-state index contributed by atoms with van der Waals surface area (Å²) in [5.74, 6) is -0.907. The second-order valence-electron chi connectivity index (χ2n) is 5.92. The lowest BCUT2D eigenvalue weighted by Gasteiger charge is -2.25. The number of carbonyl (C=O) groups is 1. The van der Waals surface area contributed by atoms with Gasteiger partial charge in [-0.3, -0.25) is 9.79 Å². The van der Waals surface area contributed by atoms with Gasteiger partial charge in [-0.1, -0.05) is 6.07 Å². The van der Waals surface area contributed by atoms with Crippen LogP contribution in [0.4, 0.5) is 8.78 Å². The van der Waals surface area contributed by atoms with Gasteiger partial charge in [0.2, 0.25) is 5.91 Å². The maximum atomic E-state index is 13.8. The zero-order valence-corrected chi connectivity index (χ0v) is 16.9. The molecule has 5 nitrogen and oxygen atoms in total. The predicted molar refractivity (Wildman–Crippen MR) is 103 cm³/mol. The summed E-state index contributed by atoms with van der Waals surface area (Å²) in [6.07, 6.45) is 0. The van der Waals surface area contributed by atoms with Crippen molar-refractivity contribution in [2.24, 2.45) is 10.4 Å². The van der Waals surface area contributed by atoms with E-state index in [9.17, 15) is 13.6 Å². The van der Waals surface area contributed by atoms with E-state index >= 15 is 0 Å². The molecule has 136 valence electrons. The summed E-state index contributed by atoms with van der Waals surface area (Å²) in [7, 11) is 3.16. The van der Waals surface area contributed by atoms with Crippen molar-refractivity contribution in [3.8, 4) is 0 Å². The van der Waals surface area contributed by atoms with Crippen LogP contribution in [0.5, 0.6) is 0 Å². The van der Waals surface area contributed by atoms with Crippen molar-refractivity contribution in [1.82, 2.24) is 16.0 Å². The Bertz CT molecular complexity index is 593. The number of nitrogens with zero attached hydrogens (tertiary/aromatic N) is 1. The Morgan fingerprint density at radius 1 is 1.33 bits per heavy atom. The fourth-order valence-electron chi connectivity index (χ4n) is 2.05. The molecule has 24 heavy (non-hydrogen) atoms. The summed E-state index contributed by atoms with van der Waals surface area (Å²) < 4.78 is 26.8. The molecule has 0 fully saturated rings. The number of rotatable bonds is 5. The first-order chi connectivity index (χ1) is 10.7. The third-order valence-electron chi connectivity index (χ3n) is 3.55. The molecule has 1 rings (SSSR count). The lowest BCUT2D eigenvalue weighted by atomic mass is 9.92. The average Bonchev–Trinajstić information content (AvgIpc) is 2.50. The van der Waals surface area contributed by atoms with Crippen molar-refractivity contribution in [2.45, 2.75) is 26.8 Å². The van der Waals surface area contributed by atoms with Crippen LogP contribution < -0.4 is 16.0 Å². The number of hydrogen-bond acceptors (Lipinski definition) is 2. The van der Waals surface area contributed by atoms with Gasteiger partial charge in [0.25, 0.3) is 0 Å². The Hall–Kier alpha value is -1.45. The molecule has 1 unspecified atom stereocenters. The highest BCUT2D eigenvalue weighted by Crippen LogP contribution is 2.18. The van der Waals surface area contributed by atoms with Crippen LogP contribution >= 0.6 is 24.0 Å². The largest absolute Gasteiger partial charge is 0.359 e. The van der Waals surface area contributed by atoms with Gasteiger partial charge in [0.05, 0.1) is 11.5 Å². The number of hydrogen-bond donors (Lipinski definition) is 3. The molecule has 0 aromatic heterocycles. The van der Waals surface area contributed by atoms with Gasteiger partial charge in [0.1, 0.15) is 11.6 Å². The van der Waals surface area contributed by atoms with Gasteiger partial charge in [0.15, 0.2) is 5.96 Å². The molecule has 0 spiro atoms. The Morgan fingerprint density at radius 3 is 2.46 bits per heavy atom. The number of benzene rings is 1. The van der Waals surface area contributed by atoms with E-state index in [1.807, 2.05) is 0 Å². The van der Waals surface area contributed by atoms with Crippen LogP contribution in [0.1, 0.15) is 32.4 Å². The molecule has 0 bridgehead atoms. The van der Waals surface area contributed by atoms with Crippen LogP contribution in [0.2, 0.25) is 0 Å². The maximum Gasteiger partial charge on any atom is 0.227 e. The Kier molecular flexibility index (Phi) is 9.16. The number of aliphatic imine (C=N–C) groups is 1. The monoisotopic (exact) mass is 454 g/mol. The van der Waals surface area contributed by atoms with Crippen LogP contribution in [0.15, 0.2) is 23.2 Å². The molecule has 0 aliphatic heterocycles. The van der Waals surface area contributed by atoms with Crippen molar-refractivity contribution in [3.63, 3.8) is 0 Å². The SMILES string of the molecule is CN=C(NCC(C)(C)C(=O)NC)NC(C)c1ccc(F)cc1F.I. The summed E-state index contributed by atoms with van der Waals surface area (Å²) in [6, 6.07) is 3.04. The first kappa shape index (κ1) is 22.6. The van der Waals surface area contributed by atoms with Crippen LogP contribution in [0.25, 0.3) is 0 Å². The number of carbonyl (C=O) groups excluding carboxylic acids is 1. The summed E-state index contributed by atoms with van der Waals surface area (Å²) >= 11 is 0. The van der Waals surface area contributed by atoms with Gasteiger partial charge in [-0.2, -0.15) is 0 Å². The third-order valence-corrected chi connectivity index (χ3v) is 3.55. The molecule has 1 aromatic rings. The Balaban J connectivity index is 0.00000529. The van der Waals surface area contributed by atoms with Gasteiger partial charge in [-0.25, -0.2) is 8.78 Å². The molecular formula is C16H25F2IN4O. The Morgan fingerprint density at radius 2 is 1.96 bits per heavy atom. The van der Waals surface area contributed by atoms with Crippen LogP contribution in [-0.2, 0) is 4.79 Å². The zero-order valence-electron chi connectivity index (χ0n) is 14.5. The molecule has 0 radical (unpaired) electrons. The van der Waals surface area contributed by atoms with E-state index in [4.69, 9.17) is 0 Å². The lowest BCUT2D eigenvalue weighted by Crippen LogP contribution is -2.47. The molecule has 0 aliphatic carbocycles. The fraction of sp³-hybridized carbons (Fsp3) is 0.500. The third kappa shape index (κ3) is 6.21. The minimum absolute atomic E-state index is 0. The smallest absolute Gasteiger partial charge is 0.227 e. The van der Waals surface area contributed by atoms with E-state index in [2.05, 4.69) is 20.9 Å². The van der Waals surface area contributed by atoms with E-state index < -0.39 is 23.1 Å². The van der Waals surface area contributed by atoms with Gasteiger partial charge >= 0.3 is 0 Å². The second-order valence-corrected chi connectivity index (χ2v) is 5.92. The van der Waals surface area contributed by atoms with Gasteiger partial charge in [0, 0.05) is 32.3 Å². The second kappa shape index (κ2) is 9.75. The number of halogens is 3. The summed E-state index contributed by atoms with van der Waals surface area (Å²) in [5.41, 5.74) is -0.295. The van der Waals surface area contributed by atoms with Crippen LogP contribution in [0.3, 0.4) is 0 Å². The molecule has 1 atom stereocenters. The highest BCUT2D eigenvalue weighted by atomic mass is 127. The van der Waals surface area contributed by atoms with Crippen molar-refractivity contribution >= 4 is 35.8 Å². The molecule has 0 saturated carbocycles. The maximum absolute atomic E-state index is 13.8. The minimum Gasteiger partial charge on any atom is -0.359 e. The predicted octanol–water partition coefficient (Wildman–Crippen LogP) is 2.58. The molecule has 3 N–H and O–H groups in total. The van der Waals surface area contributed by atoms with Crippen molar-refractivity contribution in [3.05, 3.63) is 35.4 Å². The molecule has 8 heteroatoms. The van der Waals surface area contributed by atoms with E-state index in [0.717, 1.165) is 6.07 Å². The highest BCUT2D eigenvalue weighted by molar-refractivity contribution is 14.0. The van der Waals surface area contributed by atoms with Gasteiger partial charge in [-0.15, -0.1) is 24.0 Å². The van der Waals surface area contributed by atoms with Gasteiger partial charge in [-0.05, 0) is 26.8 Å². The quantitative estimate of drug-likeness (QED) is 0.364. The molecule has 0 heterocycles. The van der Waals surface area contributed by atoms with E-state index in [0.29, 0.717) is 18.1 Å². The topological polar surface area (TPSA) is 65.5 Å². The fourth-order valence-corrected chi connectivity index (χ4v) is 2.05. The molecular weight excluding hydrogens is 429 g/mol. The lowest BCUT2D eigenvalue weighted by molar-refractivity contribution is -0.128. The van der Waals surface area contributed by atoms with Crippen molar-refractivity contribution in [1.29, 1.82) is 0 Å². The van der Waals surface area contributed by atoms with Crippen molar-refractivity contribution in [2.75, 3.05) is 20.6 Å². The minimum atomic E-state index is -0.628. The molecule has 1 aromatic carbocycles. The molecule has 0 saturated heterocycles. The van der Waals surface area contributed by atoms with Gasteiger partial charge < -0.3 is 16.0 Å². The van der Waals surface area contributed by atoms with Crippen molar-refractivity contribution < 1.29 is 13.6 Å². The normalized spacial score (nSPS) is 12.9. The van der Waals surface area contributed by atoms with E-state index in [1.54, 1.807) is 34.9 Å². The van der Waals surface area contributed by atoms with Crippen LogP contribution in [-0.4, -0.2) is 32.5 Å². The summed E-state index contributed by atoms with van der Waals surface area (Å²) in [4.78, 5) is 15.8. The highest BCUT2D eigenvalue weighted by Gasteiger charge is 2.26. The zero-order chi connectivity index (χ0) is 17.6. The molecule has 0 aliphatic rings. The number of guanidine groups is 1. The average molecular weight is 454 g/mol. The number of nitrogens with one attached hydrogen (secondary N) is 3. The first-order valence-corrected chi connectivity index (χ1v) is 7.35. The van der Waals surface area contributed by atoms with E-state index in [-0.39, 0.29) is 29.9 Å². The molecule has 1 amide bonds. The van der Waals surface area contributed by atoms with Crippen LogP contribution in [0, 0.1) is 17.0 Å². The Labute approximate surface area is 158 Å². The summed E-state index contributed by atoms with van der Waals surface area (Å²) in [5, 5.41) is 8.66. The summed E-state index contributed by atoms with van der Waals surface area (Å²) in [6.45, 7) is 5.70.